The first kappa shape index (κ1) is 9.34. The van der Waals surface area contributed by atoms with Crippen LogP contribution in [-0.2, 0) is 0 Å². The molecule has 78 valence electrons. The highest BCUT2D eigenvalue weighted by Crippen LogP contribution is 2.24. The molecule has 0 aliphatic heterocycles. The van der Waals surface area contributed by atoms with Crippen LogP contribution in [-0.4, -0.2) is 4.98 Å². The Kier molecular flexibility index (Phi) is 1.93. The third-order valence-electron chi connectivity index (χ3n) is 2.99. The highest BCUT2D eigenvalue weighted by Gasteiger charge is 2.01. The van der Waals surface area contributed by atoms with Crippen LogP contribution in [0, 0.1) is 13.8 Å². The molecule has 1 aromatic heterocycles. The quantitative estimate of drug-likeness (QED) is 0.508. The van der Waals surface area contributed by atoms with Gasteiger partial charge in [0.25, 0.3) is 0 Å². The summed E-state index contributed by atoms with van der Waals surface area (Å²) in [5.74, 6) is 0. The molecule has 0 aliphatic carbocycles. The van der Waals surface area contributed by atoms with Gasteiger partial charge in [-0.25, -0.2) is 0 Å². The van der Waals surface area contributed by atoms with E-state index in [0.717, 1.165) is 5.52 Å². The van der Waals surface area contributed by atoms with E-state index in [2.05, 4.69) is 55.2 Å². The standard InChI is InChI=1S/C15H13N/c1-10-3-5-13-12(7-10)9-16-15-6-4-11(2)8-14(13)15/h3-9H,1-2H3. The van der Waals surface area contributed by atoms with Crippen molar-refractivity contribution in [3.63, 3.8) is 0 Å². The molecule has 0 saturated carbocycles. The molecule has 0 fully saturated rings. The zero-order chi connectivity index (χ0) is 11.1. The lowest BCUT2D eigenvalue weighted by molar-refractivity contribution is 1.41. The minimum absolute atomic E-state index is 1.07. The van der Waals surface area contributed by atoms with E-state index >= 15 is 0 Å². The van der Waals surface area contributed by atoms with E-state index in [4.69, 9.17) is 0 Å². The van der Waals surface area contributed by atoms with Crippen molar-refractivity contribution in [2.45, 2.75) is 13.8 Å². The molecule has 0 radical (unpaired) electrons. The molecule has 3 rings (SSSR count). The number of hydrogen-bond donors (Lipinski definition) is 0. The van der Waals surface area contributed by atoms with Crippen molar-refractivity contribution in [3.8, 4) is 0 Å². The lowest BCUT2D eigenvalue weighted by Crippen LogP contribution is -1.84. The molecule has 1 nitrogen and oxygen atoms in total. The number of benzene rings is 2. The molecule has 0 amide bonds. The van der Waals surface area contributed by atoms with Gasteiger partial charge in [-0.2, -0.15) is 0 Å². The zero-order valence-corrected chi connectivity index (χ0v) is 9.49. The number of nitrogens with zero attached hydrogens (tertiary/aromatic N) is 1. The number of rotatable bonds is 0. The summed E-state index contributed by atoms with van der Waals surface area (Å²) in [7, 11) is 0. The molecule has 0 unspecified atom stereocenters. The number of aryl methyl sites for hydroxylation is 2. The van der Waals surface area contributed by atoms with Crippen molar-refractivity contribution in [3.05, 3.63) is 53.7 Å². The maximum atomic E-state index is 4.49. The van der Waals surface area contributed by atoms with Gasteiger partial charge >= 0.3 is 0 Å². The second-order valence-electron chi connectivity index (χ2n) is 4.37. The minimum Gasteiger partial charge on any atom is -0.256 e. The second kappa shape index (κ2) is 3.31. The van der Waals surface area contributed by atoms with Crippen LogP contribution in [0.3, 0.4) is 0 Å². The number of aromatic nitrogens is 1. The highest BCUT2D eigenvalue weighted by molar-refractivity contribution is 6.05. The van der Waals surface area contributed by atoms with Gasteiger partial charge in [-0.3, -0.25) is 4.98 Å². The van der Waals surface area contributed by atoms with Crippen LogP contribution in [0.4, 0.5) is 0 Å². The van der Waals surface area contributed by atoms with Crippen LogP contribution >= 0.6 is 0 Å². The average molecular weight is 207 g/mol. The van der Waals surface area contributed by atoms with E-state index in [-0.39, 0.29) is 0 Å². The van der Waals surface area contributed by atoms with Gasteiger partial charge in [0.1, 0.15) is 0 Å². The predicted molar refractivity (Wildman–Crippen MR) is 68.7 cm³/mol. The van der Waals surface area contributed by atoms with Gasteiger partial charge in [0.2, 0.25) is 0 Å². The van der Waals surface area contributed by atoms with Crippen molar-refractivity contribution in [1.29, 1.82) is 0 Å². The molecule has 16 heavy (non-hydrogen) atoms. The summed E-state index contributed by atoms with van der Waals surface area (Å²) in [6.45, 7) is 4.23. The predicted octanol–water partition coefficient (Wildman–Crippen LogP) is 4.00. The number of pyridine rings is 1. The Labute approximate surface area is 94.7 Å². The van der Waals surface area contributed by atoms with Crippen LogP contribution in [0.1, 0.15) is 11.1 Å². The molecule has 0 spiro atoms. The summed E-state index contributed by atoms with van der Waals surface area (Å²) in [5.41, 5.74) is 3.63. The van der Waals surface area contributed by atoms with Gasteiger partial charge in [-0.15, -0.1) is 0 Å². The summed E-state index contributed by atoms with van der Waals surface area (Å²) < 4.78 is 0. The summed E-state index contributed by atoms with van der Waals surface area (Å²) in [5, 5.41) is 3.76. The molecule has 2 aromatic carbocycles. The lowest BCUT2D eigenvalue weighted by Gasteiger charge is -2.04. The Bertz CT molecular complexity index is 683. The van der Waals surface area contributed by atoms with E-state index in [1.54, 1.807) is 0 Å². The van der Waals surface area contributed by atoms with Gasteiger partial charge in [0.15, 0.2) is 0 Å². The first-order valence-corrected chi connectivity index (χ1v) is 5.50. The first-order chi connectivity index (χ1) is 7.74. The van der Waals surface area contributed by atoms with Crippen molar-refractivity contribution < 1.29 is 0 Å². The van der Waals surface area contributed by atoms with E-state index in [0.29, 0.717) is 0 Å². The van der Waals surface area contributed by atoms with Crippen LogP contribution in [0.2, 0.25) is 0 Å². The van der Waals surface area contributed by atoms with Gasteiger partial charge in [0, 0.05) is 17.0 Å². The molecule has 0 bridgehead atoms. The zero-order valence-electron chi connectivity index (χ0n) is 9.49. The van der Waals surface area contributed by atoms with Crippen LogP contribution in [0.15, 0.2) is 42.6 Å². The number of hydrogen-bond acceptors (Lipinski definition) is 1. The average Bonchev–Trinajstić information content (AvgIpc) is 2.28. The minimum atomic E-state index is 1.07. The third kappa shape index (κ3) is 1.36. The Morgan fingerprint density at radius 1 is 0.812 bits per heavy atom. The van der Waals surface area contributed by atoms with Crippen LogP contribution in [0.5, 0.6) is 0 Å². The molecule has 1 heteroatoms. The van der Waals surface area contributed by atoms with Crippen LogP contribution < -0.4 is 0 Å². The Hall–Kier alpha value is -1.89. The van der Waals surface area contributed by atoms with E-state index < -0.39 is 0 Å². The molecule has 0 saturated heterocycles. The Morgan fingerprint density at radius 2 is 1.56 bits per heavy atom. The van der Waals surface area contributed by atoms with Gasteiger partial charge in [0.05, 0.1) is 5.52 Å². The van der Waals surface area contributed by atoms with E-state index in [1.807, 2.05) is 6.20 Å². The fourth-order valence-electron chi connectivity index (χ4n) is 2.15. The second-order valence-corrected chi connectivity index (χ2v) is 4.37. The molecular weight excluding hydrogens is 194 g/mol. The van der Waals surface area contributed by atoms with Crippen molar-refractivity contribution in [2.24, 2.45) is 0 Å². The molecular formula is C15H13N. The summed E-state index contributed by atoms with van der Waals surface area (Å²) >= 11 is 0. The first-order valence-electron chi connectivity index (χ1n) is 5.50. The monoisotopic (exact) mass is 207 g/mol. The third-order valence-corrected chi connectivity index (χ3v) is 2.99. The topological polar surface area (TPSA) is 12.9 Å². The maximum Gasteiger partial charge on any atom is 0.0708 e. The number of fused-ring (bicyclic) bond motifs is 3. The SMILES string of the molecule is Cc1ccc2c(cnc3ccc(C)cc32)c1. The Morgan fingerprint density at radius 3 is 2.44 bits per heavy atom. The van der Waals surface area contributed by atoms with Gasteiger partial charge in [-0.1, -0.05) is 29.3 Å². The van der Waals surface area contributed by atoms with Crippen molar-refractivity contribution >= 4 is 21.7 Å². The largest absolute Gasteiger partial charge is 0.256 e. The summed E-state index contributed by atoms with van der Waals surface area (Å²) in [6.07, 6.45) is 1.96. The maximum absolute atomic E-state index is 4.49. The molecule has 0 atom stereocenters. The smallest absolute Gasteiger partial charge is 0.0708 e. The molecule has 3 aromatic rings. The fraction of sp³-hybridized carbons (Fsp3) is 0.133. The lowest BCUT2D eigenvalue weighted by atomic mass is 10.0. The van der Waals surface area contributed by atoms with Crippen molar-refractivity contribution in [2.75, 3.05) is 0 Å². The van der Waals surface area contributed by atoms with Crippen molar-refractivity contribution in [1.82, 2.24) is 4.98 Å². The fourth-order valence-corrected chi connectivity index (χ4v) is 2.15. The van der Waals surface area contributed by atoms with E-state index in [9.17, 15) is 0 Å². The van der Waals surface area contributed by atoms with Crippen LogP contribution in [0.25, 0.3) is 21.7 Å². The van der Waals surface area contributed by atoms with Gasteiger partial charge in [-0.05, 0) is 37.4 Å². The summed E-state index contributed by atoms with van der Waals surface area (Å²) in [4.78, 5) is 4.49. The molecule has 0 aliphatic rings. The highest BCUT2D eigenvalue weighted by atomic mass is 14.6. The molecule has 0 N–H and O–H groups in total. The Balaban J connectivity index is 2.52. The molecule has 1 heterocycles. The van der Waals surface area contributed by atoms with Gasteiger partial charge < -0.3 is 0 Å². The summed E-state index contributed by atoms with van der Waals surface area (Å²) in [6, 6.07) is 12.9. The normalized spacial score (nSPS) is 11.1. The van der Waals surface area contributed by atoms with E-state index in [1.165, 1.54) is 27.3 Å².